The van der Waals surface area contributed by atoms with Crippen LogP contribution in [0.3, 0.4) is 0 Å². The highest BCUT2D eigenvalue weighted by Gasteiger charge is 2.17. The van der Waals surface area contributed by atoms with Gasteiger partial charge in [0.05, 0.1) is 22.2 Å². The van der Waals surface area contributed by atoms with Gasteiger partial charge in [-0.2, -0.15) is 5.26 Å². The van der Waals surface area contributed by atoms with Gasteiger partial charge < -0.3 is 10.8 Å². The largest absolute Gasteiger partial charge is 0.478 e. The fourth-order valence-electron chi connectivity index (χ4n) is 1.50. The van der Waals surface area contributed by atoms with Crippen molar-refractivity contribution in [2.24, 2.45) is 0 Å². The Bertz CT molecular complexity index is 608. The molecule has 1 aromatic heterocycles. The van der Waals surface area contributed by atoms with E-state index in [-0.39, 0.29) is 11.3 Å². The topological polar surface area (TPSA) is 87.1 Å². The second-order valence-corrected chi connectivity index (χ2v) is 4.27. The highest BCUT2D eigenvalue weighted by molar-refractivity contribution is 7.14. The van der Waals surface area contributed by atoms with E-state index >= 15 is 0 Å². The first-order chi connectivity index (χ1) is 8.13. The summed E-state index contributed by atoms with van der Waals surface area (Å²) in [4.78, 5) is 11.7. The molecular weight excluding hydrogens is 236 g/mol. The number of carboxylic acid groups (broad SMARTS) is 1. The Labute approximate surface area is 102 Å². The quantitative estimate of drug-likeness (QED) is 0.849. The molecule has 0 fully saturated rings. The van der Waals surface area contributed by atoms with Crippen LogP contribution in [-0.4, -0.2) is 11.1 Å². The molecule has 0 spiro atoms. The molecule has 2 aromatic rings. The number of nitrogens with two attached hydrogens (primary N) is 1. The number of nitriles is 1. The summed E-state index contributed by atoms with van der Waals surface area (Å²) >= 11 is 1.28. The van der Waals surface area contributed by atoms with Crippen molar-refractivity contribution >= 4 is 23.0 Å². The van der Waals surface area contributed by atoms with Crippen LogP contribution in [0.4, 0.5) is 5.69 Å². The number of aromatic carboxylic acids is 1. The predicted molar refractivity (Wildman–Crippen MR) is 65.8 cm³/mol. The number of nitrogen functional groups attached to an aromatic ring is 1. The number of thiophene rings is 1. The zero-order valence-corrected chi connectivity index (χ0v) is 9.49. The zero-order valence-electron chi connectivity index (χ0n) is 8.68. The van der Waals surface area contributed by atoms with E-state index < -0.39 is 5.97 Å². The van der Waals surface area contributed by atoms with E-state index in [1.165, 1.54) is 11.3 Å². The van der Waals surface area contributed by atoms with E-state index in [0.717, 1.165) is 5.56 Å². The SMILES string of the molecule is N#Cc1ccc(-c2scc(N)c2C(=O)O)cc1. The van der Waals surface area contributed by atoms with Crippen LogP contribution in [0, 0.1) is 11.3 Å². The van der Waals surface area contributed by atoms with Crippen molar-refractivity contribution in [3.63, 3.8) is 0 Å². The molecule has 0 bridgehead atoms. The van der Waals surface area contributed by atoms with Gasteiger partial charge in [0.1, 0.15) is 5.56 Å². The third kappa shape index (κ3) is 1.98. The first kappa shape index (κ1) is 11.2. The van der Waals surface area contributed by atoms with Crippen molar-refractivity contribution in [3.8, 4) is 16.5 Å². The van der Waals surface area contributed by atoms with Gasteiger partial charge in [0.25, 0.3) is 0 Å². The van der Waals surface area contributed by atoms with Crippen LogP contribution >= 0.6 is 11.3 Å². The second kappa shape index (κ2) is 4.28. The van der Waals surface area contributed by atoms with E-state index in [0.29, 0.717) is 10.4 Å². The van der Waals surface area contributed by atoms with Crippen LogP contribution in [-0.2, 0) is 0 Å². The summed E-state index contributed by atoms with van der Waals surface area (Å²) in [6.07, 6.45) is 0. The molecule has 0 radical (unpaired) electrons. The molecule has 0 aliphatic carbocycles. The molecule has 0 unspecified atom stereocenters. The highest BCUT2D eigenvalue weighted by atomic mass is 32.1. The third-order valence-electron chi connectivity index (χ3n) is 2.31. The van der Waals surface area contributed by atoms with Gasteiger partial charge in [-0.1, -0.05) is 12.1 Å². The van der Waals surface area contributed by atoms with E-state index in [1.54, 1.807) is 29.6 Å². The van der Waals surface area contributed by atoms with Crippen molar-refractivity contribution in [1.29, 1.82) is 5.26 Å². The maximum Gasteiger partial charge on any atom is 0.339 e. The van der Waals surface area contributed by atoms with Crippen LogP contribution < -0.4 is 5.73 Å². The van der Waals surface area contributed by atoms with Crippen LogP contribution in [0.5, 0.6) is 0 Å². The van der Waals surface area contributed by atoms with Gasteiger partial charge >= 0.3 is 5.97 Å². The van der Waals surface area contributed by atoms with Gasteiger partial charge in [-0.15, -0.1) is 11.3 Å². The molecule has 1 heterocycles. The number of rotatable bonds is 2. The normalized spacial score (nSPS) is 9.82. The lowest BCUT2D eigenvalue weighted by molar-refractivity contribution is 0.0699. The standard InChI is InChI=1S/C12H8N2O2S/c13-5-7-1-3-8(4-2-7)11-10(12(15)16)9(14)6-17-11/h1-4,6H,14H2,(H,15,16). The Hall–Kier alpha value is -2.32. The molecule has 0 aliphatic heterocycles. The lowest BCUT2D eigenvalue weighted by atomic mass is 10.1. The molecule has 0 amide bonds. The molecule has 17 heavy (non-hydrogen) atoms. The van der Waals surface area contributed by atoms with Crippen molar-refractivity contribution in [3.05, 3.63) is 40.8 Å². The van der Waals surface area contributed by atoms with Crippen molar-refractivity contribution in [2.45, 2.75) is 0 Å². The summed E-state index contributed by atoms with van der Waals surface area (Å²) in [5, 5.41) is 19.4. The predicted octanol–water partition coefficient (Wildman–Crippen LogP) is 2.57. The Morgan fingerprint density at radius 3 is 2.53 bits per heavy atom. The molecule has 0 atom stereocenters. The number of anilines is 1. The van der Waals surface area contributed by atoms with E-state index in [9.17, 15) is 4.79 Å². The Morgan fingerprint density at radius 2 is 2.00 bits per heavy atom. The van der Waals surface area contributed by atoms with Crippen molar-refractivity contribution in [1.82, 2.24) is 0 Å². The van der Waals surface area contributed by atoms with Gasteiger partial charge in [0.2, 0.25) is 0 Å². The highest BCUT2D eigenvalue weighted by Crippen LogP contribution is 2.34. The molecule has 4 nitrogen and oxygen atoms in total. The monoisotopic (exact) mass is 244 g/mol. The molecule has 5 heteroatoms. The van der Waals surface area contributed by atoms with Crippen LogP contribution in [0.1, 0.15) is 15.9 Å². The molecule has 2 rings (SSSR count). The minimum atomic E-state index is -1.04. The number of carbonyl (C=O) groups is 1. The Kier molecular flexibility index (Phi) is 2.81. The van der Waals surface area contributed by atoms with Crippen LogP contribution in [0.15, 0.2) is 29.6 Å². The summed E-state index contributed by atoms with van der Waals surface area (Å²) in [6, 6.07) is 8.75. The number of nitrogens with zero attached hydrogens (tertiary/aromatic N) is 1. The van der Waals surface area contributed by atoms with E-state index in [4.69, 9.17) is 16.1 Å². The van der Waals surface area contributed by atoms with Gasteiger partial charge in [-0.25, -0.2) is 4.79 Å². The molecule has 0 aliphatic rings. The third-order valence-corrected chi connectivity index (χ3v) is 3.36. The number of benzene rings is 1. The number of carboxylic acids is 1. The van der Waals surface area contributed by atoms with Crippen molar-refractivity contribution in [2.75, 3.05) is 5.73 Å². The second-order valence-electron chi connectivity index (χ2n) is 3.39. The number of hydrogen-bond acceptors (Lipinski definition) is 4. The van der Waals surface area contributed by atoms with Gasteiger partial charge in [-0.3, -0.25) is 0 Å². The minimum Gasteiger partial charge on any atom is -0.478 e. The Morgan fingerprint density at radius 1 is 1.35 bits per heavy atom. The molecule has 0 saturated carbocycles. The fourth-order valence-corrected chi connectivity index (χ4v) is 2.46. The smallest absolute Gasteiger partial charge is 0.339 e. The average molecular weight is 244 g/mol. The summed E-state index contributed by atoms with van der Waals surface area (Å²) in [5.74, 6) is -1.04. The first-order valence-electron chi connectivity index (χ1n) is 4.74. The zero-order chi connectivity index (χ0) is 12.4. The maximum atomic E-state index is 11.1. The maximum absolute atomic E-state index is 11.1. The van der Waals surface area contributed by atoms with E-state index in [1.807, 2.05) is 6.07 Å². The lowest BCUT2D eigenvalue weighted by Crippen LogP contribution is -2.00. The molecular formula is C12H8N2O2S. The van der Waals surface area contributed by atoms with Gasteiger partial charge in [0, 0.05) is 5.38 Å². The number of hydrogen-bond donors (Lipinski definition) is 2. The fraction of sp³-hybridized carbons (Fsp3) is 0. The lowest BCUT2D eigenvalue weighted by Gasteiger charge is -2.01. The summed E-state index contributed by atoms with van der Waals surface area (Å²) in [6.45, 7) is 0. The van der Waals surface area contributed by atoms with Gasteiger partial charge in [0.15, 0.2) is 0 Å². The Balaban J connectivity index is 2.53. The average Bonchev–Trinajstić information content (AvgIpc) is 2.71. The minimum absolute atomic E-state index is 0.125. The molecule has 84 valence electrons. The summed E-state index contributed by atoms with van der Waals surface area (Å²) in [5.41, 5.74) is 7.29. The van der Waals surface area contributed by atoms with Crippen LogP contribution in [0.25, 0.3) is 10.4 Å². The summed E-state index contributed by atoms with van der Waals surface area (Å²) < 4.78 is 0. The molecule has 3 N–H and O–H groups in total. The molecule has 1 aromatic carbocycles. The van der Waals surface area contributed by atoms with Gasteiger partial charge in [-0.05, 0) is 17.7 Å². The summed E-state index contributed by atoms with van der Waals surface area (Å²) in [7, 11) is 0. The van der Waals surface area contributed by atoms with Crippen LogP contribution in [0.2, 0.25) is 0 Å². The first-order valence-corrected chi connectivity index (χ1v) is 5.62. The molecule has 0 saturated heterocycles. The van der Waals surface area contributed by atoms with E-state index in [2.05, 4.69) is 0 Å². The van der Waals surface area contributed by atoms with Crippen molar-refractivity contribution < 1.29 is 9.90 Å².